The van der Waals surface area contributed by atoms with Crippen LogP contribution in [-0.2, 0) is 0 Å². The highest BCUT2D eigenvalue weighted by Crippen LogP contribution is 2.52. The summed E-state index contributed by atoms with van der Waals surface area (Å²) in [7, 11) is 0. The summed E-state index contributed by atoms with van der Waals surface area (Å²) >= 11 is 1.76. The van der Waals surface area contributed by atoms with Crippen LogP contribution in [0.1, 0.15) is 11.1 Å². The molecular weight excluding hydrogens is 567 g/mol. The minimum absolute atomic E-state index is 0.667. The van der Waals surface area contributed by atoms with E-state index in [0.29, 0.717) is 5.95 Å². The van der Waals surface area contributed by atoms with Crippen LogP contribution in [0.3, 0.4) is 0 Å². The first kappa shape index (κ1) is 25.9. The van der Waals surface area contributed by atoms with Crippen LogP contribution in [0, 0.1) is 6.92 Å². The molecule has 8 aromatic rings. The molecule has 0 unspecified atom stereocenters. The average molecular weight is 594 g/mol. The van der Waals surface area contributed by atoms with E-state index in [2.05, 4.69) is 140 Å². The summed E-state index contributed by atoms with van der Waals surface area (Å²) in [5.74, 6) is 0.667. The number of rotatable bonds is 4. The maximum absolute atomic E-state index is 5.46. The molecule has 9 rings (SSSR count). The van der Waals surface area contributed by atoms with Gasteiger partial charge in [-0.05, 0) is 70.1 Å². The van der Waals surface area contributed by atoms with Crippen molar-refractivity contribution in [2.75, 3.05) is 4.90 Å². The van der Waals surface area contributed by atoms with Gasteiger partial charge in [0.2, 0.25) is 5.95 Å². The molecule has 0 atom stereocenters. The Hall–Kier alpha value is -5.58. The number of anilines is 3. The van der Waals surface area contributed by atoms with Gasteiger partial charge in [0.05, 0.1) is 27.3 Å². The standard InChI is InChI=1S/C41H27N3S/c1-3-4-11-28-24-35-33(22-25(28)2)31-17-9-14-27-15-10-18-34(37(27)31)44(35)41-42-38(30-21-20-26-12-5-6-13-29(26)23-30)40-39(43-41)32-16-7-8-19-36(32)45-40/h3-24H,1H2,2H3/b11-4-. The van der Waals surface area contributed by atoms with Crippen molar-refractivity contribution in [3.63, 3.8) is 0 Å². The van der Waals surface area contributed by atoms with E-state index in [1.54, 1.807) is 11.3 Å². The number of aromatic nitrogens is 2. The SMILES string of the molecule is C=C/C=C\c1cc2c(cc1C)-c1cccc3cccc(c13)N2c1nc(-c2ccc3ccccc3c2)c2sc3ccccc3c2n1. The molecular formula is C41H27N3S. The van der Waals surface area contributed by atoms with Gasteiger partial charge in [-0.15, -0.1) is 11.3 Å². The fourth-order valence-electron chi connectivity index (χ4n) is 6.75. The van der Waals surface area contributed by atoms with E-state index in [9.17, 15) is 0 Å². The van der Waals surface area contributed by atoms with Crippen LogP contribution in [0.5, 0.6) is 0 Å². The molecule has 0 saturated carbocycles. The second-order valence-electron chi connectivity index (χ2n) is 11.5. The monoisotopic (exact) mass is 593 g/mol. The predicted molar refractivity (Wildman–Crippen MR) is 193 cm³/mol. The van der Waals surface area contributed by atoms with Gasteiger partial charge in [0.1, 0.15) is 0 Å². The largest absolute Gasteiger partial charge is 0.278 e. The average Bonchev–Trinajstić information content (AvgIpc) is 3.46. The van der Waals surface area contributed by atoms with E-state index in [4.69, 9.17) is 9.97 Å². The highest BCUT2D eigenvalue weighted by molar-refractivity contribution is 7.26. The van der Waals surface area contributed by atoms with Gasteiger partial charge in [-0.3, -0.25) is 4.90 Å². The van der Waals surface area contributed by atoms with Crippen LogP contribution >= 0.6 is 11.3 Å². The van der Waals surface area contributed by atoms with E-state index >= 15 is 0 Å². The highest BCUT2D eigenvalue weighted by Gasteiger charge is 2.29. The quantitative estimate of drug-likeness (QED) is 0.190. The second kappa shape index (κ2) is 9.98. The molecule has 4 heteroatoms. The van der Waals surface area contributed by atoms with Crippen molar-refractivity contribution < 1.29 is 0 Å². The molecule has 6 aromatic carbocycles. The maximum Gasteiger partial charge on any atom is 0.235 e. The van der Waals surface area contributed by atoms with Crippen LogP contribution in [0.25, 0.3) is 70.3 Å². The summed E-state index contributed by atoms with van der Waals surface area (Å²) in [6.07, 6.45) is 5.94. The van der Waals surface area contributed by atoms with Crippen molar-refractivity contribution in [1.82, 2.24) is 9.97 Å². The van der Waals surface area contributed by atoms with E-state index in [1.165, 1.54) is 42.9 Å². The molecule has 0 saturated heterocycles. The predicted octanol–water partition coefficient (Wildman–Crippen LogP) is 11.8. The topological polar surface area (TPSA) is 29.0 Å². The minimum atomic E-state index is 0.667. The lowest BCUT2D eigenvalue weighted by molar-refractivity contribution is 1.12. The zero-order valence-electron chi connectivity index (χ0n) is 24.7. The molecule has 0 radical (unpaired) electrons. The van der Waals surface area contributed by atoms with Gasteiger partial charge >= 0.3 is 0 Å². The van der Waals surface area contributed by atoms with Crippen molar-refractivity contribution in [3.8, 4) is 22.4 Å². The molecule has 0 bridgehead atoms. The first-order valence-corrected chi connectivity index (χ1v) is 15.9. The van der Waals surface area contributed by atoms with E-state index < -0.39 is 0 Å². The van der Waals surface area contributed by atoms with Crippen LogP contribution < -0.4 is 4.90 Å². The first-order chi connectivity index (χ1) is 22.2. The molecule has 1 aliphatic rings. The highest BCUT2D eigenvalue weighted by atomic mass is 32.1. The van der Waals surface area contributed by atoms with Gasteiger partial charge < -0.3 is 0 Å². The van der Waals surface area contributed by atoms with Crippen LogP contribution in [0.2, 0.25) is 0 Å². The van der Waals surface area contributed by atoms with E-state index in [1.807, 2.05) is 12.2 Å². The van der Waals surface area contributed by atoms with E-state index in [-0.39, 0.29) is 0 Å². The summed E-state index contributed by atoms with van der Waals surface area (Å²) in [4.78, 5) is 13.1. The molecule has 3 heterocycles. The zero-order chi connectivity index (χ0) is 30.1. The third kappa shape index (κ3) is 3.96. The second-order valence-corrected chi connectivity index (χ2v) is 12.6. The Morgan fingerprint density at radius 3 is 2.40 bits per heavy atom. The fraction of sp³-hybridized carbons (Fsp3) is 0.0244. The third-order valence-corrected chi connectivity index (χ3v) is 10.0. The summed E-state index contributed by atoms with van der Waals surface area (Å²) in [5.41, 5.74) is 9.93. The minimum Gasteiger partial charge on any atom is -0.278 e. The molecule has 45 heavy (non-hydrogen) atoms. The van der Waals surface area contributed by atoms with Gasteiger partial charge in [0.15, 0.2) is 0 Å². The Balaban J connectivity index is 1.39. The molecule has 0 spiro atoms. The lowest BCUT2D eigenvalue weighted by Crippen LogP contribution is -2.18. The smallest absolute Gasteiger partial charge is 0.235 e. The molecule has 0 aliphatic carbocycles. The van der Waals surface area contributed by atoms with Gasteiger partial charge in [-0.2, -0.15) is 0 Å². The van der Waals surface area contributed by atoms with Crippen molar-refractivity contribution in [3.05, 3.63) is 145 Å². The summed E-state index contributed by atoms with van der Waals surface area (Å²) in [5, 5.41) is 5.98. The molecule has 2 aromatic heterocycles. The lowest BCUT2D eigenvalue weighted by Gasteiger charge is -2.33. The number of allylic oxidation sites excluding steroid dienone is 2. The summed E-state index contributed by atoms with van der Waals surface area (Å²) < 4.78 is 2.31. The Morgan fingerprint density at radius 1 is 0.711 bits per heavy atom. The van der Waals surface area contributed by atoms with Crippen molar-refractivity contribution in [2.24, 2.45) is 0 Å². The Labute approximate surface area is 265 Å². The fourth-order valence-corrected chi connectivity index (χ4v) is 7.91. The number of hydrogen-bond donors (Lipinski definition) is 0. The third-order valence-electron chi connectivity index (χ3n) is 8.88. The van der Waals surface area contributed by atoms with Gasteiger partial charge in [0.25, 0.3) is 0 Å². The molecule has 0 fully saturated rings. The van der Waals surface area contributed by atoms with Crippen molar-refractivity contribution in [2.45, 2.75) is 6.92 Å². The van der Waals surface area contributed by atoms with E-state index in [0.717, 1.165) is 43.8 Å². The lowest BCUT2D eigenvalue weighted by atomic mass is 9.89. The Kier molecular flexibility index (Phi) is 5.74. The van der Waals surface area contributed by atoms with Crippen LogP contribution in [-0.4, -0.2) is 9.97 Å². The number of thiophene rings is 1. The maximum atomic E-state index is 5.46. The van der Waals surface area contributed by atoms with Crippen LogP contribution in [0.15, 0.2) is 134 Å². The van der Waals surface area contributed by atoms with Gasteiger partial charge in [0, 0.05) is 26.6 Å². The van der Waals surface area contributed by atoms with Crippen molar-refractivity contribution >= 4 is 76.6 Å². The Bertz CT molecular complexity index is 2530. The van der Waals surface area contributed by atoms with Crippen molar-refractivity contribution in [1.29, 1.82) is 0 Å². The molecule has 0 N–H and O–H groups in total. The van der Waals surface area contributed by atoms with Gasteiger partial charge in [-0.25, -0.2) is 9.97 Å². The molecule has 1 aliphatic heterocycles. The molecule has 0 amide bonds. The number of hydrogen-bond acceptors (Lipinski definition) is 4. The normalized spacial score (nSPS) is 12.5. The zero-order valence-corrected chi connectivity index (χ0v) is 25.5. The van der Waals surface area contributed by atoms with Crippen LogP contribution in [0.4, 0.5) is 17.3 Å². The number of aryl methyl sites for hydroxylation is 1. The summed E-state index contributed by atoms with van der Waals surface area (Å²) in [6, 6.07) is 41.4. The number of benzene rings is 6. The first-order valence-electron chi connectivity index (χ1n) is 15.1. The summed E-state index contributed by atoms with van der Waals surface area (Å²) in [6.45, 7) is 6.07. The Morgan fingerprint density at radius 2 is 1.51 bits per heavy atom. The van der Waals surface area contributed by atoms with Gasteiger partial charge in [-0.1, -0.05) is 110 Å². The number of nitrogens with zero attached hydrogens (tertiary/aromatic N) is 3. The molecule has 3 nitrogen and oxygen atoms in total. The number of fused-ring (bicyclic) bond motifs is 6. The molecule has 212 valence electrons.